The SMILES string of the molecule is O=C(CCc1c(-c2ccc(F)cc2)[nH]c2ccccc12)N=C1C(=O)NC[C@H]1O. The number of hydrogen-bond acceptors (Lipinski definition) is 3. The number of aromatic nitrogens is 1. The number of fused-ring (bicyclic) bond motifs is 1. The Labute approximate surface area is 160 Å². The highest BCUT2D eigenvalue weighted by Gasteiger charge is 2.29. The molecule has 2 heterocycles. The third-order valence-electron chi connectivity index (χ3n) is 4.78. The molecule has 4 rings (SSSR count). The van der Waals surface area contributed by atoms with Gasteiger partial charge in [0, 0.05) is 29.6 Å². The van der Waals surface area contributed by atoms with Crippen molar-refractivity contribution < 1.29 is 19.1 Å². The van der Waals surface area contributed by atoms with Crippen LogP contribution in [0.5, 0.6) is 0 Å². The number of benzene rings is 2. The van der Waals surface area contributed by atoms with Crippen molar-refractivity contribution in [2.75, 3.05) is 6.54 Å². The zero-order valence-corrected chi connectivity index (χ0v) is 14.9. The van der Waals surface area contributed by atoms with Gasteiger partial charge in [0.05, 0.1) is 0 Å². The molecule has 2 aromatic carbocycles. The highest BCUT2D eigenvalue weighted by Crippen LogP contribution is 2.31. The largest absolute Gasteiger partial charge is 0.385 e. The summed E-state index contributed by atoms with van der Waals surface area (Å²) in [5, 5.41) is 13.1. The second kappa shape index (κ2) is 7.36. The Hall–Kier alpha value is -3.32. The Bertz CT molecular complexity index is 1090. The van der Waals surface area contributed by atoms with Crippen molar-refractivity contribution in [3.05, 3.63) is 59.9 Å². The molecule has 1 saturated heterocycles. The molecular formula is C21H18FN3O3. The minimum atomic E-state index is -1.06. The van der Waals surface area contributed by atoms with Crippen LogP contribution in [0.15, 0.2) is 53.5 Å². The summed E-state index contributed by atoms with van der Waals surface area (Å²) >= 11 is 0. The summed E-state index contributed by atoms with van der Waals surface area (Å²) < 4.78 is 13.3. The van der Waals surface area contributed by atoms with Gasteiger partial charge in [0.15, 0.2) is 0 Å². The van der Waals surface area contributed by atoms with Crippen molar-refractivity contribution in [1.82, 2.24) is 10.3 Å². The Morgan fingerprint density at radius 2 is 1.93 bits per heavy atom. The van der Waals surface area contributed by atoms with Crippen molar-refractivity contribution >= 4 is 28.4 Å². The summed E-state index contributed by atoms with van der Waals surface area (Å²) in [5.74, 6) is -1.30. The van der Waals surface area contributed by atoms with Gasteiger partial charge in [0.1, 0.15) is 17.6 Å². The molecule has 0 radical (unpaired) electrons. The van der Waals surface area contributed by atoms with Crippen LogP contribution < -0.4 is 5.32 Å². The standard InChI is InChI=1S/C21H18FN3O3/c22-13-7-5-12(6-8-13)19-15(14-3-1-2-4-16(14)24-19)9-10-18(27)25-20-17(26)11-23-21(20)28/h1-8,17,24,26H,9-11H2,(H,23,28)/t17-/m1/s1. The van der Waals surface area contributed by atoms with Gasteiger partial charge in [-0.25, -0.2) is 9.38 Å². The van der Waals surface area contributed by atoms with Gasteiger partial charge < -0.3 is 15.4 Å². The lowest BCUT2D eigenvalue weighted by Crippen LogP contribution is -2.23. The van der Waals surface area contributed by atoms with Crippen molar-refractivity contribution in [1.29, 1.82) is 0 Å². The van der Waals surface area contributed by atoms with Crippen molar-refractivity contribution in [3.63, 3.8) is 0 Å². The predicted octanol–water partition coefficient (Wildman–Crippen LogP) is 2.36. The topological polar surface area (TPSA) is 94.5 Å². The Kier molecular flexibility index (Phi) is 4.75. The van der Waals surface area contributed by atoms with Crippen LogP contribution in [0.4, 0.5) is 4.39 Å². The summed E-state index contributed by atoms with van der Waals surface area (Å²) in [5.41, 5.74) is 3.34. The van der Waals surface area contributed by atoms with E-state index >= 15 is 0 Å². The number of nitrogens with one attached hydrogen (secondary N) is 2. The summed E-state index contributed by atoms with van der Waals surface area (Å²) in [6.45, 7) is 0.0715. The highest BCUT2D eigenvalue weighted by molar-refractivity contribution is 6.43. The number of carbonyl (C=O) groups is 2. The van der Waals surface area contributed by atoms with Gasteiger partial charge in [-0.05, 0) is 47.9 Å². The monoisotopic (exact) mass is 379 g/mol. The summed E-state index contributed by atoms with van der Waals surface area (Å²) in [6.07, 6.45) is -0.580. The van der Waals surface area contributed by atoms with E-state index in [1.165, 1.54) is 12.1 Å². The van der Waals surface area contributed by atoms with Gasteiger partial charge in [0.25, 0.3) is 5.91 Å². The third-order valence-corrected chi connectivity index (χ3v) is 4.78. The maximum atomic E-state index is 13.3. The number of para-hydroxylation sites is 1. The molecule has 0 spiro atoms. The lowest BCUT2D eigenvalue weighted by atomic mass is 10.0. The van der Waals surface area contributed by atoms with Crippen LogP contribution >= 0.6 is 0 Å². The number of hydrogen-bond donors (Lipinski definition) is 3. The molecule has 7 heteroatoms. The first kappa shape index (κ1) is 18.1. The first-order valence-electron chi connectivity index (χ1n) is 8.96. The van der Waals surface area contributed by atoms with Crippen LogP contribution in [-0.2, 0) is 16.0 Å². The number of aliphatic hydroxyl groups is 1. The van der Waals surface area contributed by atoms with Gasteiger partial charge in [0.2, 0.25) is 5.91 Å². The molecule has 6 nitrogen and oxygen atoms in total. The first-order chi connectivity index (χ1) is 13.5. The van der Waals surface area contributed by atoms with E-state index in [9.17, 15) is 19.1 Å². The fourth-order valence-electron chi connectivity index (χ4n) is 3.40. The van der Waals surface area contributed by atoms with Crippen LogP contribution in [-0.4, -0.2) is 40.3 Å². The number of aliphatic hydroxyl groups excluding tert-OH is 1. The van der Waals surface area contributed by atoms with E-state index in [2.05, 4.69) is 15.3 Å². The molecule has 28 heavy (non-hydrogen) atoms. The van der Waals surface area contributed by atoms with Gasteiger partial charge in [-0.1, -0.05) is 18.2 Å². The molecule has 142 valence electrons. The molecule has 1 aromatic heterocycles. The second-order valence-corrected chi connectivity index (χ2v) is 6.65. The number of nitrogens with zero attached hydrogens (tertiary/aromatic N) is 1. The average molecular weight is 379 g/mol. The van der Waals surface area contributed by atoms with E-state index in [1.807, 2.05) is 24.3 Å². The Balaban J connectivity index is 1.63. The van der Waals surface area contributed by atoms with Crippen molar-refractivity contribution in [2.24, 2.45) is 4.99 Å². The van der Waals surface area contributed by atoms with Crippen molar-refractivity contribution in [3.8, 4) is 11.3 Å². The second-order valence-electron chi connectivity index (χ2n) is 6.65. The van der Waals surface area contributed by atoms with Gasteiger partial charge in [-0.15, -0.1) is 0 Å². The molecule has 0 unspecified atom stereocenters. The van der Waals surface area contributed by atoms with E-state index in [1.54, 1.807) is 12.1 Å². The average Bonchev–Trinajstić information content (AvgIpc) is 3.22. The number of aryl methyl sites for hydroxylation is 1. The number of aromatic amines is 1. The molecule has 0 bridgehead atoms. The molecule has 3 aromatic rings. The van der Waals surface area contributed by atoms with E-state index in [0.717, 1.165) is 27.7 Å². The maximum absolute atomic E-state index is 13.3. The van der Waals surface area contributed by atoms with Crippen LogP contribution in [0.2, 0.25) is 0 Å². The van der Waals surface area contributed by atoms with Crippen LogP contribution in [0, 0.1) is 5.82 Å². The Morgan fingerprint density at radius 3 is 2.64 bits per heavy atom. The quantitative estimate of drug-likeness (QED) is 0.650. The Morgan fingerprint density at radius 1 is 1.18 bits per heavy atom. The molecule has 1 fully saturated rings. The van der Waals surface area contributed by atoms with E-state index in [4.69, 9.17) is 0 Å². The van der Waals surface area contributed by atoms with Gasteiger partial charge in [-0.3, -0.25) is 9.59 Å². The zero-order valence-electron chi connectivity index (χ0n) is 14.9. The van der Waals surface area contributed by atoms with Gasteiger partial charge >= 0.3 is 0 Å². The number of halogens is 1. The van der Waals surface area contributed by atoms with E-state index in [0.29, 0.717) is 6.42 Å². The highest BCUT2D eigenvalue weighted by atomic mass is 19.1. The summed E-state index contributed by atoms with van der Waals surface area (Å²) in [4.78, 5) is 31.0. The lowest BCUT2D eigenvalue weighted by molar-refractivity contribution is -0.118. The number of aliphatic imine (C=N–C) groups is 1. The number of rotatable bonds is 4. The minimum Gasteiger partial charge on any atom is -0.385 e. The van der Waals surface area contributed by atoms with E-state index in [-0.39, 0.29) is 24.5 Å². The molecule has 2 amide bonds. The number of H-pyrrole nitrogens is 1. The molecule has 0 aliphatic carbocycles. The molecule has 1 atom stereocenters. The molecular weight excluding hydrogens is 361 g/mol. The normalized spacial score (nSPS) is 18.0. The third kappa shape index (κ3) is 3.44. The first-order valence-corrected chi connectivity index (χ1v) is 8.96. The number of carbonyl (C=O) groups excluding carboxylic acids is 2. The number of β-amino-alcohol motifs (C(OH)–C–C–N with tert-alkyl or cyclic N) is 1. The molecule has 1 aliphatic heterocycles. The molecule has 3 N–H and O–H groups in total. The summed E-state index contributed by atoms with van der Waals surface area (Å²) in [6, 6.07) is 13.9. The number of amides is 2. The van der Waals surface area contributed by atoms with Crippen LogP contribution in [0.1, 0.15) is 12.0 Å². The molecule has 0 saturated carbocycles. The fourth-order valence-corrected chi connectivity index (χ4v) is 3.40. The maximum Gasteiger partial charge on any atom is 0.268 e. The van der Waals surface area contributed by atoms with Crippen LogP contribution in [0.25, 0.3) is 22.2 Å². The van der Waals surface area contributed by atoms with Crippen LogP contribution in [0.3, 0.4) is 0 Å². The fraction of sp³-hybridized carbons (Fsp3) is 0.190. The van der Waals surface area contributed by atoms with Gasteiger partial charge in [-0.2, -0.15) is 0 Å². The zero-order chi connectivity index (χ0) is 19.7. The lowest BCUT2D eigenvalue weighted by Gasteiger charge is -2.05. The van der Waals surface area contributed by atoms with Crippen molar-refractivity contribution in [2.45, 2.75) is 18.9 Å². The molecule has 1 aliphatic rings. The summed E-state index contributed by atoms with van der Waals surface area (Å²) in [7, 11) is 0. The van der Waals surface area contributed by atoms with E-state index < -0.39 is 17.9 Å². The minimum absolute atomic E-state index is 0.0715. The smallest absolute Gasteiger partial charge is 0.268 e. The predicted molar refractivity (Wildman–Crippen MR) is 103 cm³/mol.